The molecule has 0 aromatic heterocycles. The molecule has 8 heteroatoms. The van der Waals surface area contributed by atoms with E-state index in [0.717, 1.165) is 6.92 Å². The lowest BCUT2D eigenvalue weighted by Crippen LogP contribution is -2.49. The van der Waals surface area contributed by atoms with E-state index in [2.05, 4.69) is 0 Å². The maximum Gasteiger partial charge on any atom is 0.328 e. The molecule has 0 heterocycles. The van der Waals surface area contributed by atoms with Crippen LogP contribution in [0.4, 0.5) is 0 Å². The first-order valence-electron chi connectivity index (χ1n) is 3.69. The van der Waals surface area contributed by atoms with Crippen molar-refractivity contribution in [3.8, 4) is 0 Å². The average molecular weight is 228 g/mol. The van der Waals surface area contributed by atoms with Gasteiger partial charge in [0.15, 0.2) is 6.29 Å². The quantitative estimate of drug-likeness (QED) is 0.267. The molecule has 0 aliphatic heterocycles. The third-order valence-electron chi connectivity index (χ3n) is 1.63. The van der Waals surface area contributed by atoms with Crippen LogP contribution in [-0.4, -0.2) is 55.4 Å². The van der Waals surface area contributed by atoms with E-state index in [1.54, 1.807) is 0 Å². The summed E-state index contributed by atoms with van der Waals surface area (Å²) < 4.78 is 10.4. The summed E-state index contributed by atoms with van der Waals surface area (Å²) in [4.78, 5) is 27.1. The number of aliphatic hydroxyl groups is 3. The Morgan fingerprint density at radius 1 is 1.43 bits per heavy atom. The molecular weight excluding hydrogens is 215 g/mol. The number of hydrogen-bond donors (Lipinski definition) is 5. The molecule has 3 unspecified atom stereocenters. The van der Waals surface area contributed by atoms with Gasteiger partial charge in [-0.05, 0) is 6.92 Å². The molecule has 0 radical (unpaired) electrons. The Bertz CT molecular complexity index is 245. The maximum absolute atomic E-state index is 10.4. The fourth-order valence-corrected chi connectivity index (χ4v) is 1.49. The number of carbonyl (C=O) groups excluding carboxylic acids is 1. The second-order valence-corrected chi connectivity index (χ2v) is 4.90. The largest absolute Gasteiger partial charge is 0.390 e. The topological polar surface area (TPSA) is 135 Å². The number of aliphatic hydroxyl groups excluding tert-OH is 2. The van der Waals surface area contributed by atoms with E-state index in [9.17, 15) is 9.36 Å². The van der Waals surface area contributed by atoms with Crippen LogP contribution in [0.3, 0.4) is 0 Å². The van der Waals surface area contributed by atoms with Crippen LogP contribution >= 0.6 is 7.60 Å². The van der Waals surface area contributed by atoms with E-state index in [4.69, 9.17) is 25.1 Å². The SMILES string of the molecule is CC(O)(C=O)C(O)C(O)CP(=O)(O)O. The van der Waals surface area contributed by atoms with Gasteiger partial charge in [0, 0.05) is 0 Å². The molecule has 0 bridgehead atoms. The molecule has 3 atom stereocenters. The molecule has 5 N–H and O–H groups in total. The van der Waals surface area contributed by atoms with Gasteiger partial charge in [-0.15, -0.1) is 0 Å². The molecule has 0 aliphatic rings. The summed E-state index contributed by atoms with van der Waals surface area (Å²) in [5, 5.41) is 27.3. The standard InChI is InChI=1S/C6H13O7P/c1-6(10,3-7)5(9)4(8)2-14(11,12)13/h3-5,8-10H,2H2,1H3,(H2,11,12,13). The van der Waals surface area contributed by atoms with Gasteiger partial charge in [0.1, 0.15) is 11.7 Å². The van der Waals surface area contributed by atoms with Gasteiger partial charge < -0.3 is 29.9 Å². The van der Waals surface area contributed by atoms with Crippen molar-refractivity contribution in [2.45, 2.75) is 24.7 Å². The summed E-state index contributed by atoms with van der Waals surface area (Å²) in [5.74, 6) is 0. The molecule has 0 spiro atoms. The minimum absolute atomic E-state index is 0.0133. The van der Waals surface area contributed by atoms with Gasteiger partial charge in [0.25, 0.3) is 0 Å². The predicted molar refractivity (Wildman–Crippen MR) is 45.6 cm³/mol. The maximum atomic E-state index is 10.4. The zero-order chi connectivity index (χ0) is 11.6. The molecule has 0 fully saturated rings. The van der Waals surface area contributed by atoms with Crippen molar-refractivity contribution in [3.63, 3.8) is 0 Å². The van der Waals surface area contributed by atoms with Gasteiger partial charge in [0.2, 0.25) is 0 Å². The number of aldehydes is 1. The number of carbonyl (C=O) groups is 1. The van der Waals surface area contributed by atoms with Crippen LogP contribution in [0, 0.1) is 0 Å². The lowest BCUT2D eigenvalue weighted by molar-refractivity contribution is -0.143. The highest BCUT2D eigenvalue weighted by Gasteiger charge is 2.38. The molecule has 0 rings (SSSR count). The van der Waals surface area contributed by atoms with E-state index in [0.29, 0.717) is 0 Å². The Hall–Kier alpha value is -0.300. The summed E-state index contributed by atoms with van der Waals surface area (Å²) in [6.07, 6.45) is -4.83. The fourth-order valence-electron chi connectivity index (χ4n) is 0.803. The first-order chi connectivity index (χ1) is 6.10. The highest BCUT2D eigenvalue weighted by molar-refractivity contribution is 7.51. The van der Waals surface area contributed by atoms with E-state index >= 15 is 0 Å². The van der Waals surface area contributed by atoms with E-state index in [1.807, 2.05) is 0 Å². The fraction of sp³-hybridized carbons (Fsp3) is 0.833. The minimum Gasteiger partial charge on any atom is -0.390 e. The number of rotatable bonds is 5. The van der Waals surface area contributed by atoms with Crippen LogP contribution in [0.1, 0.15) is 6.92 Å². The normalized spacial score (nSPS) is 21.0. The molecular formula is C6H13O7P. The van der Waals surface area contributed by atoms with Crippen LogP contribution in [-0.2, 0) is 9.36 Å². The van der Waals surface area contributed by atoms with E-state index < -0.39 is 31.6 Å². The van der Waals surface area contributed by atoms with E-state index in [-0.39, 0.29) is 6.29 Å². The van der Waals surface area contributed by atoms with Crippen LogP contribution < -0.4 is 0 Å². The van der Waals surface area contributed by atoms with Crippen LogP contribution in [0.2, 0.25) is 0 Å². The van der Waals surface area contributed by atoms with Gasteiger partial charge >= 0.3 is 7.60 Å². The zero-order valence-corrected chi connectivity index (χ0v) is 8.33. The van der Waals surface area contributed by atoms with Crippen LogP contribution in [0.25, 0.3) is 0 Å². The Labute approximate surface area is 80.2 Å². The minimum atomic E-state index is -4.49. The second kappa shape index (κ2) is 4.48. The summed E-state index contributed by atoms with van der Waals surface area (Å²) in [6.45, 7) is 0.924. The highest BCUT2D eigenvalue weighted by atomic mass is 31.2. The molecule has 84 valence electrons. The third-order valence-corrected chi connectivity index (χ3v) is 2.48. The van der Waals surface area contributed by atoms with Crippen molar-refractivity contribution < 1.29 is 34.5 Å². The molecule has 14 heavy (non-hydrogen) atoms. The van der Waals surface area contributed by atoms with Crippen LogP contribution in [0.5, 0.6) is 0 Å². The van der Waals surface area contributed by atoms with Gasteiger partial charge in [-0.25, -0.2) is 0 Å². The molecule has 0 saturated carbocycles. The highest BCUT2D eigenvalue weighted by Crippen LogP contribution is 2.36. The number of hydrogen-bond acceptors (Lipinski definition) is 5. The molecule has 0 aliphatic carbocycles. The third kappa shape index (κ3) is 4.28. The van der Waals surface area contributed by atoms with Crippen molar-refractivity contribution in [1.82, 2.24) is 0 Å². The van der Waals surface area contributed by atoms with Gasteiger partial charge in [-0.3, -0.25) is 4.57 Å². The Morgan fingerprint density at radius 3 is 2.14 bits per heavy atom. The Morgan fingerprint density at radius 2 is 1.86 bits per heavy atom. The van der Waals surface area contributed by atoms with Crippen molar-refractivity contribution in [2.75, 3.05) is 6.16 Å². The first kappa shape index (κ1) is 13.7. The van der Waals surface area contributed by atoms with Crippen LogP contribution in [0.15, 0.2) is 0 Å². The van der Waals surface area contributed by atoms with Crippen molar-refractivity contribution in [1.29, 1.82) is 0 Å². The predicted octanol–water partition coefficient (Wildman–Crippen LogP) is -2.16. The molecule has 0 saturated heterocycles. The summed E-state index contributed by atoms with van der Waals surface area (Å²) >= 11 is 0. The van der Waals surface area contributed by atoms with Gasteiger partial charge in [-0.2, -0.15) is 0 Å². The van der Waals surface area contributed by atoms with Crippen molar-refractivity contribution in [3.05, 3.63) is 0 Å². The molecule has 7 nitrogen and oxygen atoms in total. The van der Waals surface area contributed by atoms with Crippen molar-refractivity contribution >= 4 is 13.9 Å². The summed E-state index contributed by atoms with van der Waals surface area (Å²) in [5.41, 5.74) is -2.23. The monoisotopic (exact) mass is 228 g/mol. The zero-order valence-electron chi connectivity index (χ0n) is 7.44. The smallest absolute Gasteiger partial charge is 0.328 e. The second-order valence-electron chi connectivity index (χ2n) is 3.20. The van der Waals surface area contributed by atoms with Gasteiger partial charge in [0.05, 0.1) is 12.3 Å². The Kier molecular flexibility index (Phi) is 4.38. The Balaban J connectivity index is 4.48. The molecule has 0 aromatic carbocycles. The molecule has 0 aromatic rings. The average Bonchev–Trinajstić information content (AvgIpc) is 2.00. The summed E-state index contributed by atoms with van der Waals surface area (Å²) in [6, 6.07) is 0. The first-order valence-corrected chi connectivity index (χ1v) is 5.49. The molecule has 0 amide bonds. The van der Waals surface area contributed by atoms with E-state index in [1.165, 1.54) is 0 Å². The summed E-state index contributed by atoms with van der Waals surface area (Å²) in [7, 11) is -4.49. The lowest BCUT2D eigenvalue weighted by Gasteiger charge is -2.27. The van der Waals surface area contributed by atoms with Crippen molar-refractivity contribution in [2.24, 2.45) is 0 Å². The van der Waals surface area contributed by atoms with Gasteiger partial charge in [-0.1, -0.05) is 0 Å². The lowest BCUT2D eigenvalue weighted by atomic mass is 9.97.